The van der Waals surface area contributed by atoms with Crippen LogP contribution in [0.4, 0.5) is 10.8 Å². The Balaban J connectivity index is 1.71. The Hall–Kier alpha value is -2.48. The van der Waals surface area contributed by atoms with Crippen molar-refractivity contribution in [2.24, 2.45) is 5.10 Å². The SMILES string of the molecule is O=[N+]([O-])c1cccc(/C=N\Nc2nc(-c3ccc(Cl)cc3Cl)cs2)c1. The first kappa shape index (κ1) is 17.3. The highest BCUT2D eigenvalue weighted by atomic mass is 35.5. The van der Waals surface area contributed by atoms with Crippen LogP contribution in [-0.2, 0) is 0 Å². The summed E-state index contributed by atoms with van der Waals surface area (Å²) < 4.78 is 0. The maximum absolute atomic E-state index is 10.8. The number of anilines is 1. The van der Waals surface area contributed by atoms with Crippen LogP contribution in [-0.4, -0.2) is 16.1 Å². The predicted molar refractivity (Wildman–Crippen MR) is 102 cm³/mol. The van der Waals surface area contributed by atoms with E-state index in [0.717, 1.165) is 5.56 Å². The highest BCUT2D eigenvalue weighted by Crippen LogP contribution is 2.32. The third-order valence-corrected chi connectivity index (χ3v) is 4.46. The molecule has 1 aromatic heterocycles. The number of aromatic nitrogens is 1. The van der Waals surface area contributed by atoms with E-state index < -0.39 is 4.92 Å². The number of thiazole rings is 1. The lowest BCUT2D eigenvalue weighted by Gasteiger charge is -2.00. The van der Waals surface area contributed by atoms with E-state index in [0.29, 0.717) is 26.4 Å². The molecule has 0 aliphatic carbocycles. The van der Waals surface area contributed by atoms with E-state index in [-0.39, 0.29) is 5.69 Å². The van der Waals surface area contributed by atoms with Crippen LogP contribution in [0.2, 0.25) is 10.0 Å². The van der Waals surface area contributed by atoms with Gasteiger partial charge in [-0.05, 0) is 18.2 Å². The summed E-state index contributed by atoms with van der Waals surface area (Å²) in [5, 5.41) is 18.3. The van der Waals surface area contributed by atoms with Gasteiger partial charge >= 0.3 is 0 Å². The van der Waals surface area contributed by atoms with Crippen LogP contribution in [0.15, 0.2) is 52.9 Å². The van der Waals surface area contributed by atoms with Crippen molar-refractivity contribution in [3.05, 3.63) is 73.6 Å². The van der Waals surface area contributed by atoms with E-state index >= 15 is 0 Å². The molecule has 3 aromatic rings. The van der Waals surface area contributed by atoms with Crippen molar-refractivity contribution in [3.63, 3.8) is 0 Å². The molecule has 2 aromatic carbocycles. The lowest BCUT2D eigenvalue weighted by atomic mass is 10.2. The molecular formula is C16H10Cl2N4O2S. The number of hydrazone groups is 1. The van der Waals surface area contributed by atoms with Gasteiger partial charge in [-0.3, -0.25) is 15.5 Å². The molecule has 0 saturated heterocycles. The number of non-ortho nitro benzene ring substituents is 1. The Kier molecular flexibility index (Phi) is 5.28. The molecule has 0 aliphatic rings. The zero-order valence-corrected chi connectivity index (χ0v) is 14.8. The van der Waals surface area contributed by atoms with E-state index in [1.807, 2.05) is 5.38 Å². The molecule has 0 saturated carbocycles. The van der Waals surface area contributed by atoms with Crippen molar-refractivity contribution in [2.75, 3.05) is 5.43 Å². The van der Waals surface area contributed by atoms with Gasteiger partial charge in [-0.2, -0.15) is 5.10 Å². The largest absolute Gasteiger partial charge is 0.270 e. The lowest BCUT2D eigenvalue weighted by molar-refractivity contribution is -0.384. The van der Waals surface area contributed by atoms with Crippen molar-refractivity contribution in [3.8, 4) is 11.3 Å². The number of rotatable bonds is 5. The molecule has 0 bridgehead atoms. The zero-order chi connectivity index (χ0) is 17.8. The molecule has 0 unspecified atom stereocenters. The summed E-state index contributed by atoms with van der Waals surface area (Å²) in [4.78, 5) is 14.7. The summed E-state index contributed by atoms with van der Waals surface area (Å²) >= 11 is 13.4. The van der Waals surface area contributed by atoms with Crippen LogP contribution >= 0.6 is 34.5 Å². The molecule has 0 radical (unpaired) electrons. The molecule has 1 N–H and O–H groups in total. The highest BCUT2D eigenvalue weighted by Gasteiger charge is 2.08. The molecule has 126 valence electrons. The van der Waals surface area contributed by atoms with E-state index in [2.05, 4.69) is 15.5 Å². The molecule has 0 spiro atoms. The Labute approximate surface area is 156 Å². The summed E-state index contributed by atoms with van der Waals surface area (Å²) in [7, 11) is 0. The number of halogens is 2. The van der Waals surface area contributed by atoms with Gasteiger partial charge in [0.2, 0.25) is 5.13 Å². The molecular weight excluding hydrogens is 383 g/mol. The molecule has 9 heteroatoms. The van der Waals surface area contributed by atoms with Gasteiger partial charge in [0.15, 0.2) is 0 Å². The Morgan fingerprint density at radius 3 is 2.84 bits per heavy atom. The van der Waals surface area contributed by atoms with Gasteiger partial charge < -0.3 is 0 Å². The second kappa shape index (κ2) is 7.60. The first-order chi connectivity index (χ1) is 12.0. The standard InChI is InChI=1S/C16H10Cl2N4O2S/c17-11-4-5-13(14(18)7-11)15-9-25-16(20-15)21-19-8-10-2-1-3-12(6-10)22(23)24/h1-9H,(H,20,21)/b19-8-. The number of nitrogens with zero attached hydrogens (tertiary/aromatic N) is 3. The van der Waals surface area contributed by atoms with Crippen LogP contribution < -0.4 is 5.43 Å². The van der Waals surface area contributed by atoms with Gasteiger partial charge in [0.25, 0.3) is 5.69 Å². The molecule has 25 heavy (non-hydrogen) atoms. The quantitative estimate of drug-likeness (QED) is 0.354. The Morgan fingerprint density at radius 2 is 2.08 bits per heavy atom. The van der Waals surface area contributed by atoms with E-state index in [1.54, 1.807) is 30.3 Å². The van der Waals surface area contributed by atoms with Crippen LogP contribution in [0.3, 0.4) is 0 Å². The molecule has 0 atom stereocenters. The fourth-order valence-corrected chi connectivity index (χ4v) is 3.19. The molecule has 6 nitrogen and oxygen atoms in total. The van der Waals surface area contributed by atoms with Gasteiger partial charge in [0, 0.05) is 33.7 Å². The number of benzene rings is 2. The fourth-order valence-electron chi connectivity index (χ4n) is 2.03. The Bertz CT molecular complexity index is 959. The van der Waals surface area contributed by atoms with Crippen molar-refractivity contribution >= 4 is 51.6 Å². The lowest BCUT2D eigenvalue weighted by Crippen LogP contribution is -1.92. The van der Waals surface area contributed by atoms with Crippen molar-refractivity contribution in [1.82, 2.24) is 4.98 Å². The Morgan fingerprint density at radius 1 is 1.24 bits per heavy atom. The molecule has 1 heterocycles. The van der Waals surface area contributed by atoms with Crippen molar-refractivity contribution < 1.29 is 4.92 Å². The average Bonchev–Trinajstić information content (AvgIpc) is 3.03. The minimum Gasteiger partial charge on any atom is -0.258 e. The zero-order valence-electron chi connectivity index (χ0n) is 12.5. The van der Waals surface area contributed by atoms with Gasteiger partial charge in [0.05, 0.1) is 21.9 Å². The smallest absolute Gasteiger partial charge is 0.258 e. The van der Waals surface area contributed by atoms with E-state index in [9.17, 15) is 10.1 Å². The number of hydrogen-bond donors (Lipinski definition) is 1. The number of nitro groups is 1. The van der Waals surface area contributed by atoms with Gasteiger partial charge in [0.1, 0.15) is 0 Å². The van der Waals surface area contributed by atoms with Crippen LogP contribution in [0.1, 0.15) is 5.56 Å². The molecule has 0 aliphatic heterocycles. The summed E-state index contributed by atoms with van der Waals surface area (Å²) in [6.07, 6.45) is 1.49. The predicted octanol–water partition coefficient (Wildman–Crippen LogP) is 5.47. The van der Waals surface area contributed by atoms with Crippen molar-refractivity contribution in [2.45, 2.75) is 0 Å². The maximum atomic E-state index is 10.8. The van der Waals surface area contributed by atoms with Crippen molar-refractivity contribution in [1.29, 1.82) is 0 Å². The third-order valence-electron chi connectivity index (χ3n) is 3.17. The van der Waals surface area contributed by atoms with Gasteiger partial charge in [-0.15, -0.1) is 11.3 Å². The molecule has 0 amide bonds. The van der Waals surface area contributed by atoms with Crippen LogP contribution in [0.25, 0.3) is 11.3 Å². The summed E-state index contributed by atoms with van der Waals surface area (Å²) in [6, 6.07) is 11.4. The van der Waals surface area contributed by atoms with Gasteiger partial charge in [-0.1, -0.05) is 35.3 Å². The minimum atomic E-state index is -0.451. The summed E-state index contributed by atoms with van der Waals surface area (Å²) in [6.45, 7) is 0. The second-order valence-electron chi connectivity index (χ2n) is 4.88. The first-order valence-electron chi connectivity index (χ1n) is 6.97. The summed E-state index contributed by atoms with van der Waals surface area (Å²) in [5.74, 6) is 0. The average molecular weight is 393 g/mol. The first-order valence-corrected chi connectivity index (χ1v) is 8.61. The summed E-state index contributed by atoms with van der Waals surface area (Å²) in [5.41, 5.74) is 4.91. The number of nitrogens with one attached hydrogen (secondary N) is 1. The molecule has 0 fully saturated rings. The number of nitro benzene ring substituents is 1. The maximum Gasteiger partial charge on any atom is 0.270 e. The number of hydrogen-bond acceptors (Lipinski definition) is 6. The monoisotopic (exact) mass is 392 g/mol. The third kappa shape index (κ3) is 4.33. The highest BCUT2D eigenvalue weighted by molar-refractivity contribution is 7.14. The minimum absolute atomic E-state index is 0.0119. The topological polar surface area (TPSA) is 80.4 Å². The van der Waals surface area contributed by atoms with E-state index in [4.69, 9.17) is 23.2 Å². The second-order valence-corrected chi connectivity index (χ2v) is 6.59. The van der Waals surface area contributed by atoms with Crippen LogP contribution in [0.5, 0.6) is 0 Å². The van der Waals surface area contributed by atoms with Crippen LogP contribution in [0, 0.1) is 10.1 Å². The fraction of sp³-hybridized carbons (Fsp3) is 0. The van der Waals surface area contributed by atoms with E-state index in [1.165, 1.54) is 29.7 Å². The molecule has 3 rings (SSSR count). The normalized spacial score (nSPS) is 11.0. The van der Waals surface area contributed by atoms with Gasteiger partial charge in [-0.25, -0.2) is 4.98 Å².